The van der Waals surface area contributed by atoms with Gasteiger partial charge in [-0.05, 0) is 47.7 Å². The Morgan fingerprint density at radius 2 is 1.80 bits per heavy atom. The number of benzene rings is 2. The average Bonchev–Trinajstić information content (AvgIpc) is 2.82. The summed E-state index contributed by atoms with van der Waals surface area (Å²) in [5, 5.41) is 38.8. The Bertz CT molecular complexity index is 929. The molecule has 0 aliphatic carbocycles. The van der Waals surface area contributed by atoms with Crippen LogP contribution in [-0.2, 0) is 4.79 Å². The van der Waals surface area contributed by atoms with E-state index in [0.29, 0.717) is 10.6 Å². The van der Waals surface area contributed by atoms with Gasteiger partial charge in [0, 0.05) is 6.07 Å². The summed E-state index contributed by atoms with van der Waals surface area (Å²) >= 11 is 6.65. The molecule has 9 heteroatoms. The fourth-order valence-electron chi connectivity index (χ4n) is 2.00. The molecule has 1 aliphatic heterocycles. The van der Waals surface area contributed by atoms with E-state index < -0.39 is 5.91 Å². The van der Waals surface area contributed by atoms with Gasteiger partial charge in [0.15, 0.2) is 11.5 Å². The molecular formula is C16H11ClN2O5S. The number of phenols is 3. The third-order valence-electron chi connectivity index (χ3n) is 3.24. The molecule has 0 unspecified atom stereocenters. The summed E-state index contributed by atoms with van der Waals surface area (Å²) in [6, 6.07) is 8.33. The molecule has 4 N–H and O–H groups in total. The molecule has 2 aromatic rings. The molecule has 0 spiro atoms. The van der Waals surface area contributed by atoms with Crippen LogP contribution in [0.15, 0.2) is 46.3 Å². The molecule has 1 amide bonds. The minimum Gasteiger partial charge on any atom is -0.506 e. The number of aromatic hydroxyl groups is 3. The molecule has 2 aromatic carbocycles. The van der Waals surface area contributed by atoms with Crippen LogP contribution in [0.5, 0.6) is 17.2 Å². The number of hydrogen-bond acceptors (Lipinski definition) is 7. The fourth-order valence-corrected chi connectivity index (χ4v) is 3.00. The Kier molecular flexibility index (Phi) is 4.58. The topological polar surface area (TPSA) is 114 Å². The quantitative estimate of drug-likeness (QED) is 0.361. The number of amides is 1. The monoisotopic (exact) mass is 378 g/mol. The molecular weight excluding hydrogens is 368 g/mol. The maximum Gasteiger partial charge on any atom is 0.290 e. The van der Waals surface area contributed by atoms with Crippen molar-refractivity contribution in [1.29, 1.82) is 0 Å². The van der Waals surface area contributed by atoms with Crippen LogP contribution in [0, 0.1) is 0 Å². The summed E-state index contributed by atoms with van der Waals surface area (Å²) in [6.45, 7) is 0. The van der Waals surface area contributed by atoms with Gasteiger partial charge in [-0.1, -0.05) is 17.7 Å². The molecule has 1 heterocycles. The van der Waals surface area contributed by atoms with E-state index in [1.807, 2.05) is 0 Å². The van der Waals surface area contributed by atoms with E-state index in [4.69, 9.17) is 11.6 Å². The van der Waals surface area contributed by atoms with Crippen molar-refractivity contribution in [3.63, 3.8) is 0 Å². The van der Waals surface area contributed by atoms with Crippen LogP contribution in [0.3, 0.4) is 0 Å². The van der Waals surface area contributed by atoms with Crippen molar-refractivity contribution in [1.82, 2.24) is 5.06 Å². The van der Waals surface area contributed by atoms with Gasteiger partial charge in [-0.2, -0.15) is 5.06 Å². The van der Waals surface area contributed by atoms with Crippen molar-refractivity contribution in [2.24, 2.45) is 4.99 Å². The van der Waals surface area contributed by atoms with E-state index in [0.717, 1.165) is 11.8 Å². The van der Waals surface area contributed by atoms with Gasteiger partial charge in [0.2, 0.25) is 5.17 Å². The van der Waals surface area contributed by atoms with Gasteiger partial charge in [-0.3, -0.25) is 10.0 Å². The summed E-state index contributed by atoms with van der Waals surface area (Å²) in [5.41, 5.74) is 0.768. The van der Waals surface area contributed by atoms with Crippen molar-refractivity contribution in [2.75, 3.05) is 0 Å². The van der Waals surface area contributed by atoms with E-state index in [1.54, 1.807) is 6.07 Å². The lowest BCUT2D eigenvalue weighted by atomic mass is 10.2. The number of phenolic OH excluding ortho intramolecular Hbond substituents is 3. The zero-order chi connectivity index (χ0) is 18.1. The molecule has 25 heavy (non-hydrogen) atoms. The van der Waals surface area contributed by atoms with Crippen LogP contribution >= 0.6 is 23.4 Å². The van der Waals surface area contributed by atoms with Crippen LogP contribution in [0.4, 0.5) is 5.69 Å². The van der Waals surface area contributed by atoms with Crippen LogP contribution in [-0.4, -0.2) is 36.7 Å². The van der Waals surface area contributed by atoms with Gasteiger partial charge in [-0.15, -0.1) is 0 Å². The van der Waals surface area contributed by atoms with Gasteiger partial charge >= 0.3 is 0 Å². The highest BCUT2D eigenvalue weighted by molar-refractivity contribution is 8.18. The van der Waals surface area contributed by atoms with Gasteiger partial charge in [0.25, 0.3) is 5.91 Å². The van der Waals surface area contributed by atoms with Gasteiger partial charge in [0.1, 0.15) is 5.75 Å². The van der Waals surface area contributed by atoms with Crippen molar-refractivity contribution < 1.29 is 25.3 Å². The summed E-state index contributed by atoms with van der Waals surface area (Å²) in [4.78, 5) is 16.4. The number of carbonyl (C=O) groups is 1. The van der Waals surface area contributed by atoms with Crippen LogP contribution in [0.2, 0.25) is 5.02 Å². The number of halogens is 1. The first-order chi connectivity index (χ1) is 11.8. The smallest absolute Gasteiger partial charge is 0.290 e. The van der Waals surface area contributed by atoms with Crippen LogP contribution < -0.4 is 0 Å². The molecule has 1 fully saturated rings. The second-order valence-electron chi connectivity index (χ2n) is 5.01. The number of hydrogen-bond donors (Lipinski definition) is 4. The summed E-state index contributed by atoms with van der Waals surface area (Å²) < 4.78 is 0. The fraction of sp³-hybridized carbons (Fsp3) is 0. The maximum atomic E-state index is 12.1. The molecule has 0 aromatic heterocycles. The second kappa shape index (κ2) is 6.67. The Hall–Kier alpha value is -2.68. The van der Waals surface area contributed by atoms with Crippen LogP contribution in [0.25, 0.3) is 6.08 Å². The number of carbonyl (C=O) groups excluding carboxylic acids is 1. The lowest BCUT2D eigenvalue weighted by molar-refractivity contribution is -0.142. The highest BCUT2D eigenvalue weighted by Crippen LogP contribution is 2.35. The predicted octanol–water partition coefficient (Wildman–Crippen LogP) is 3.45. The van der Waals surface area contributed by atoms with E-state index in [2.05, 4.69) is 4.99 Å². The molecule has 0 radical (unpaired) electrons. The second-order valence-corrected chi connectivity index (χ2v) is 6.42. The molecule has 1 saturated heterocycles. The number of aliphatic imine (C=N–C) groups is 1. The molecule has 0 atom stereocenters. The van der Waals surface area contributed by atoms with Gasteiger partial charge in [0.05, 0.1) is 15.6 Å². The largest absolute Gasteiger partial charge is 0.506 e. The lowest BCUT2D eigenvalue weighted by Crippen LogP contribution is -2.24. The summed E-state index contributed by atoms with van der Waals surface area (Å²) in [6.07, 6.45) is 1.48. The average molecular weight is 379 g/mol. The number of hydroxylamine groups is 2. The minimum absolute atomic E-state index is 0.0143. The van der Waals surface area contributed by atoms with Crippen molar-refractivity contribution in [3.8, 4) is 17.2 Å². The minimum atomic E-state index is -0.679. The maximum absolute atomic E-state index is 12.1. The van der Waals surface area contributed by atoms with E-state index >= 15 is 0 Å². The van der Waals surface area contributed by atoms with E-state index in [9.17, 15) is 25.3 Å². The van der Waals surface area contributed by atoms with Gasteiger partial charge in [-0.25, -0.2) is 4.99 Å². The van der Waals surface area contributed by atoms with Crippen molar-refractivity contribution in [2.45, 2.75) is 0 Å². The molecule has 0 saturated carbocycles. The predicted molar refractivity (Wildman–Crippen MR) is 94.2 cm³/mol. The Balaban J connectivity index is 1.91. The lowest BCUT2D eigenvalue weighted by Gasteiger charge is -2.05. The zero-order valence-corrected chi connectivity index (χ0v) is 14.0. The number of rotatable bonds is 2. The van der Waals surface area contributed by atoms with E-state index in [1.165, 1.54) is 36.4 Å². The molecule has 128 valence electrons. The zero-order valence-electron chi connectivity index (χ0n) is 12.4. The first-order valence-electron chi connectivity index (χ1n) is 6.87. The van der Waals surface area contributed by atoms with E-state index in [-0.39, 0.29) is 38.0 Å². The van der Waals surface area contributed by atoms with Crippen molar-refractivity contribution in [3.05, 3.63) is 51.9 Å². The molecule has 3 rings (SSSR count). The van der Waals surface area contributed by atoms with Crippen LogP contribution in [0.1, 0.15) is 5.56 Å². The Morgan fingerprint density at radius 3 is 2.48 bits per heavy atom. The highest BCUT2D eigenvalue weighted by Gasteiger charge is 2.32. The standard InChI is InChI=1S/C16H11ClN2O5S/c17-10-3-1-8(5-12(10)21)6-14-15(23)19(24)16(25-14)18-9-2-4-11(20)13(22)7-9/h1-7,20-22,24H/b14-6-,18-16?. The first-order valence-corrected chi connectivity index (χ1v) is 8.06. The Labute approximate surface area is 151 Å². The van der Waals surface area contributed by atoms with Crippen molar-refractivity contribution >= 4 is 46.2 Å². The third kappa shape index (κ3) is 3.55. The molecule has 0 bridgehead atoms. The first kappa shape index (κ1) is 17.2. The normalized spacial score (nSPS) is 17.7. The highest BCUT2D eigenvalue weighted by atomic mass is 35.5. The number of nitrogens with zero attached hydrogens (tertiary/aromatic N) is 2. The number of amidine groups is 1. The third-order valence-corrected chi connectivity index (χ3v) is 4.52. The Morgan fingerprint density at radius 1 is 1.04 bits per heavy atom. The SMILES string of the molecule is O=C1/C(=C/c2ccc(Cl)c(O)c2)SC(=Nc2ccc(O)c(O)c2)N1O. The summed E-state index contributed by atoms with van der Waals surface area (Å²) in [5.74, 6) is -1.47. The molecule has 7 nitrogen and oxygen atoms in total. The summed E-state index contributed by atoms with van der Waals surface area (Å²) in [7, 11) is 0. The number of thioether (sulfide) groups is 1. The molecule has 1 aliphatic rings. The van der Waals surface area contributed by atoms with Gasteiger partial charge < -0.3 is 15.3 Å².